The molecule has 2 heterocycles. The number of aliphatic imine (C=N–C) groups is 1. The lowest BCUT2D eigenvalue weighted by atomic mass is 9.93. The van der Waals surface area contributed by atoms with Crippen LogP contribution in [-0.2, 0) is 0 Å². The Labute approximate surface area is 139 Å². The maximum absolute atomic E-state index is 5.76. The van der Waals surface area contributed by atoms with Crippen molar-refractivity contribution in [3.05, 3.63) is 29.8 Å². The highest BCUT2D eigenvalue weighted by molar-refractivity contribution is 5.80. The second-order valence-electron chi connectivity index (χ2n) is 6.74. The minimum absolute atomic E-state index is 0.470. The van der Waals surface area contributed by atoms with Gasteiger partial charge in [0.2, 0.25) is 0 Å². The van der Waals surface area contributed by atoms with Gasteiger partial charge in [-0.25, -0.2) is 0 Å². The molecule has 3 rings (SSSR count). The Bertz CT molecular complexity index is 535. The van der Waals surface area contributed by atoms with Gasteiger partial charge in [0.1, 0.15) is 5.75 Å². The number of hydrogen-bond acceptors (Lipinski definition) is 2. The average molecular weight is 315 g/mol. The monoisotopic (exact) mass is 315 g/mol. The van der Waals surface area contributed by atoms with E-state index in [4.69, 9.17) is 9.73 Å². The number of ether oxygens (including phenoxy) is 1. The third kappa shape index (κ3) is 3.98. The highest BCUT2D eigenvalue weighted by Crippen LogP contribution is 2.33. The third-order valence-corrected chi connectivity index (χ3v) is 4.96. The fourth-order valence-electron chi connectivity index (χ4n) is 3.45. The van der Waals surface area contributed by atoms with Crippen LogP contribution < -0.4 is 10.1 Å². The minimum Gasteiger partial charge on any atom is -0.493 e. The van der Waals surface area contributed by atoms with E-state index in [2.05, 4.69) is 42.3 Å². The summed E-state index contributed by atoms with van der Waals surface area (Å²) in [5, 5.41) is 3.48. The number of piperidine rings is 1. The molecule has 0 saturated carbocycles. The zero-order valence-corrected chi connectivity index (χ0v) is 14.4. The first-order valence-corrected chi connectivity index (χ1v) is 9.03. The van der Waals surface area contributed by atoms with E-state index in [1.807, 2.05) is 6.07 Å². The van der Waals surface area contributed by atoms with Crippen LogP contribution in [0.3, 0.4) is 0 Å². The smallest absolute Gasteiger partial charge is 0.193 e. The number of hydrogen-bond donors (Lipinski definition) is 1. The summed E-state index contributed by atoms with van der Waals surface area (Å²) < 4.78 is 5.76. The number of para-hydroxylation sites is 1. The van der Waals surface area contributed by atoms with E-state index in [1.165, 1.54) is 18.4 Å². The molecule has 126 valence electrons. The standard InChI is InChI=1S/C19H29N3O/c1-3-20-19(22-11-8-15(2)9-12-22)21-14-16-10-13-23-18-7-5-4-6-17(16)18/h4-7,15-16H,3,8-14H2,1-2H3,(H,20,21). The number of fused-ring (bicyclic) bond motifs is 1. The summed E-state index contributed by atoms with van der Waals surface area (Å²) in [6.45, 7) is 9.31. The first-order valence-electron chi connectivity index (χ1n) is 9.03. The van der Waals surface area contributed by atoms with Crippen molar-refractivity contribution in [1.29, 1.82) is 0 Å². The van der Waals surface area contributed by atoms with Crippen molar-refractivity contribution in [2.45, 2.75) is 39.0 Å². The number of nitrogens with one attached hydrogen (secondary N) is 1. The molecule has 4 heteroatoms. The zero-order chi connectivity index (χ0) is 16.1. The molecule has 0 bridgehead atoms. The summed E-state index contributed by atoms with van der Waals surface area (Å²) >= 11 is 0. The topological polar surface area (TPSA) is 36.9 Å². The van der Waals surface area contributed by atoms with Crippen molar-refractivity contribution in [3.8, 4) is 5.75 Å². The van der Waals surface area contributed by atoms with Gasteiger partial charge >= 0.3 is 0 Å². The van der Waals surface area contributed by atoms with Crippen LogP contribution in [0.1, 0.15) is 44.6 Å². The van der Waals surface area contributed by atoms with Crippen molar-refractivity contribution in [3.63, 3.8) is 0 Å². The van der Waals surface area contributed by atoms with Crippen molar-refractivity contribution in [2.75, 3.05) is 32.8 Å². The maximum atomic E-state index is 5.76. The molecule has 2 aliphatic rings. The number of guanidine groups is 1. The van der Waals surface area contributed by atoms with Gasteiger partial charge in [-0.05, 0) is 43.7 Å². The van der Waals surface area contributed by atoms with Crippen LogP contribution in [0.25, 0.3) is 0 Å². The number of rotatable bonds is 3. The molecule has 23 heavy (non-hydrogen) atoms. The predicted octanol–water partition coefficient (Wildman–Crippen LogP) is 3.25. The summed E-state index contributed by atoms with van der Waals surface area (Å²) in [4.78, 5) is 7.39. The molecule has 0 aromatic heterocycles. The van der Waals surface area contributed by atoms with Crippen LogP contribution in [0.2, 0.25) is 0 Å². The van der Waals surface area contributed by atoms with Gasteiger partial charge in [-0.15, -0.1) is 0 Å². The molecule has 1 atom stereocenters. The summed E-state index contributed by atoms with van der Waals surface area (Å²) in [6.07, 6.45) is 3.59. The normalized spacial score (nSPS) is 22.4. The van der Waals surface area contributed by atoms with Crippen LogP contribution >= 0.6 is 0 Å². The molecule has 0 amide bonds. The van der Waals surface area contributed by atoms with Crippen molar-refractivity contribution >= 4 is 5.96 Å². The Morgan fingerprint density at radius 3 is 2.83 bits per heavy atom. The fraction of sp³-hybridized carbons (Fsp3) is 0.632. The van der Waals surface area contributed by atoms with Gasteiger partial charge in [0.25, 0.3) is 0 Å². The molecule has 1 aromatic rings. The van der Waals surface area contributed by atoms with Gasteiger partial charge in [-0.1, -0.05) is 25.1 Å². The van der Waals surface area contributed by atoms with E-state index in [-0.39, 0.29) is 0 Å². The highest BCUT2D eigenvalue weighted by atomic mass is 16.5. The van der Waals surface area contributed by atoms with E-state index in [9.17, 15) is 0 Å². The van der Waals surface area contributed by atoms with Gasteiger partial charge in [-0.3, -0.25) is 4.99 Å². The Kier molecular flexibility index (Phi) is 5.42. The number of benzene rings is 1. The van der Waals surface area contributed by atoms with E-state index in [0.29, 0.717) is 5.92 Å². The molecule has 1 unspecified atom stereocenters. The van der Waals surface area contributed by atoms with Gasteiger partial charge < -0.3 is 15.0 Å². The Morgan fingerprint density at radius 1 is 1.26 bits per heavy atom. The minimum atomic E-state index is 0.470. The highest BCUT2D eigenvalue weighted by Gasteiger charge is 2.22. The predicted molar refractivity (Wildman–Crippen MR) is 95.2 cm³/mol. The average Bonchev–Trinajstić information content (AvgIpc) is 2.59. The summed E-state index contributed by atoms with van der Waals surface area (Å²) in [5.74, 6) is 3.44. The molecule has 1 fully saturated rings. The Balaban J connectivity index is 1.69. The van der Waals surface area contributed by atoms with Crippen molar-refractivity contribution in [1.82, 2.24) is 10.2 Å². The first kappa shape index (κ1) is 16.2. The molecule has 1 N–H and O–H groups in total. The first-order chi connectivity index (χ1) is 11.3. The van der Waals surface area contributed by atoms with Gasteiger partial charge in [0.15, 0.2) is 5.96 Å². The zero-order valence-electron chi connectivity index (χ0n) is 14.4. The van der Waals surface area contributed by atoms with Crippen molar-refractivity contribution in [2.24, 2.45) is 10.9 Å². The molecule has 0 aliphatic carbocycles. The summed E-state index contributed by atoms with van der Waals surface area (Å²) in [5.41, 5.74) is 1.31. The van der Waals surface area contributed by atoms with E-state index < -0.39 is 0 Å². The molecule has 1 saturated heterocycles. The molecule has 4 nitrogen and oxygen atoms in total. The van der Waals surface area contributed by atoms with Crippen molar-refractivity contribution < 1.29 is 4.74 Å². The molecular formula is C19H29N3O. The largest absolute Gasteiger partial charge is 0.493 e. The summed E-state index contributed by atoms with van der Waals surface area (Å²) in [7, 11) is 0. The van der Waals surface area contributed by atoms with Crippen LogP contribution in [0, 0.1) is 5.92 Å². The van der Waals surface area contributed by atoms with Crippen LogP contribution in [0.5, 0.6) is 5.75 Å². The van der Waals surface area contributed by atoms with Gasteiger partial charge in [-0.2, -0.15) is 0 Å². The second-order valence-corrected chi connectivity index (χ2v) is 6.74. The van der Waals surface area contributed by atoms with E-state index in [0.717, 1.165) is 56.8 Å². The van der Waals surface area contributed by atoms with E-state index >= 15 is 0 Å². The maximum Gasteiger partial charge on any atom is 0.193 e. The van der Waals surface area contributed by atoms with Crippen LogP contribution in [-0.4, -0.2) is 43.6 Å². The molecule has 2 aliphatic heterocycles. The molecule has 0 radical (unpaired) electrons. The van der Waals surface area contributed by atoms with Crippen LogP contribution in [0.15, 0.2) is 29.3 Å². The molecule has 1 aromatic carbocycles. The fourth-order valence-corrected chi connectivity index (χ4v) is 3.45. The lowest BCUT2D eigenvalue weighted by molar-refractivity contribution is 0.265. The van der Waals surface area contributed by atoms with Gasteiger partial charge in [0, 0.05) is 32.1 Å². The Hall–Kier alpha value is -1.71. The molecule has 0 spiro atoms. The summed E-state index contributed by atoms with van der Waals surface area (Å²) in [6, 6.07) is 8.40. The van der Waals surface area contributed by atoms with Crippen LogP contribution in [0.4, 0.5) is 0 Å². The quantitative estimate of drug-likeness (QED) is 0.687. The second kappa shape index (κ2) is 7.71. The Morgan fingerprint density at radius 2 is 2.04 bits per heavy atom. The SMILES string of the molecule is CCNC(=NCC1CCOc2ccccc21)N1CCC(C)CC1. The lowest BCUT2D eigenvalue weighted by Gasteiger charge is -2.33. The number of nitrogens with zero attached hydrogens (tertiary/aromatic N) is 2. The van der Waals surface area contributed by atoms with Gasteiger partial charge in [0.05, 0.1) is 6.61 Å². The lowest BCUT2D eigenvalue weighted by Crippen LogP contribution is -2.45. The molecular weight excluding hydrogens is 286 g/mol. The third-order valence-electron chi connectivity index (χ3n) is 4.96. The van der Waals surface area contributed by atoms with E-state index in [1.54, 1.807) is 0 Å². The number of likely N-dealkylation sites (tertiary alicyclic amines) is 1.